The van der Waals surface area contributed by atoms with E-state index in [1.54, 1.807) is 23.4 Å². The van der Waals surface area contributed by atoms with E-state index in [-0.39, 0.29) is 22.4 Å². The third-order valence-corrected chi connectivity index (χ3v) is 8.52. The number of nitrogens with zero attached hydrogens (tertiary/aromatic N) is 6. The van der Waals surface area contributed by atoms with Gasteiger partial charge in [-0.15, -0.1) is 10.2 Å². The van der Waals surface area contributed by atoms with Gasteiger partial charge in [-0.3, -0.25) is 13.9 Å². The highest BCUT2D eigenvalue weighted by atomic mass is 19.4. The van der Waals surface area contributed by atoms with Crippen molar-refractivity contribution in [2.45, 2.75) is 50.7 Å². The Bertz CT molecular complexity index is 1670. The smallest absolute Gasteiger partial charge is 0.320 e. The number of likely N-dealkylation sites (tertiary alicyclic amines) is 1. The molecule has 1 saturated heterocycles. The second-order valence-electron chi connectivity index (χ2n) is 11.2. The van der Waals surface area contributed by atoms with Crippen molar-refractivity contribution < 1.29 is 15.9 Å². The van der Waals surface area contributed by atoms with Crippen LogP contribution in [0, 0.1) is 11.3 Å². The van der Waals surface area contributed by atoms with E-state index in [4.69, 9.17) is 2.74 Å². The Kier molecular flexibility index (Phi) is 4.70. The average Bonchev–Trinajstić information content (AvgIpc) is 3.47. The quantitative estimate of drug-likeness (QED) is 0.365. The van der Waals surface area contributed by atoms with Crippen molar-refractivity contribution in [1.82, 2.24) is 28.6 Å². The summed E-state index contributed by atoms with van der Waals surface area (Å²) in [5, 5.41) is 8.38. The maximum absolute atomic E-state index is 14.3. The Balaban J connectivity index is 1.33. The van der Waals surface area contributed by atoms with E-state index in [1.807, 2.05) is 23.7 Å². The zero-order valence-electron chi connectivity index (χ0n) is 22.9. The molecule has 7 rings (SSSR count). The first-order valence-electron chi connectivity index (χ1n) is 14.0. The van der Waals surface area contributed by atoms with Crippen LogP contribution in [0.4, 0.5) is 13.2 Å². The van der Waals surface area contributed by atoms with E-state index in [9.17, 15) is 18.0 Å². The zero-order chi connectivity index (χ0) is 28.0. The van der Waals surface area contributed by atoms with Crippen LogP contribution in [0.1, 0.15) is 63.3 Å². The number of benzene rings is 1. The normalized spacial score (nSPS) is 21.2. The van der Waals surface area contributed by atoms with Gasteiger partial charge in [0.2, 0.25) is 0 Å². The maximum Gasteiger partial charge on any atom is 0.418 e. The van der Waals surface area contributed by atoms with Crippen molar-refractivity contribution in [2.24, 2.45) is 18.4 Å². The summed E-state index contributed by atoms with van der Waals surface area (Å²) in [5.41, 5.74) is -0.727. The number of alkyl halides is 3. The number of halogens is 3. The highest BCUT2D eigenvalue weighted by molar-refractivity contribution is 5.58. The molecule has 198 valence electrons. The maximum atomic E-state index is 14.3. The highest BCUT2D eigenvalue weighted by Crippen LogP contribution is 2.53. The molecule has 38 heavy (non-hydrogen) atoms. The molecular weight excluding hydrogens is 493 g/mol. The van der Waals surface area contributed by atoms with Crippen LogP contribution in [0.5, 0.6) is 0 Å². The van der Waals surface area contributed by atoms with Gasteiger partial charge in [-0.05, 0) is 66.3 Å². The molecule has 2 saturated carbocycles. The molecule has 4 aromatic rings. The van der Waals surface area contributed by atoms with Crippen molar-refractivity contribution >= 4 is 5.52 Å². The fraction of sp³-hybridized carbons (Fsp3) is 0.464. The van der Waals surface area contributed by atoms with E-state index >= 15 is 0 Å². The Morgan fingerprint density at radius 1 is 1.18 bits per heavy atom. The minimum atomic E-state index is -4.77. The lowest BCUT2D eigenvalue weighted by Gasteiger charge is -2.40. The predicted molar refractivity (Wildman–Crippen MR) is 135 cm³/mol. The van der Waals surface area contributed by atoms with Crippen LogP contribution >= 0.6 is 0 Å². The van der Waals surface area contributed by atoms with E-state index in [0.29, 0.717) is 24.7 Å². The van der Waals surface area contributed by atoms with Crippen LogP contribution in [-0.2, 0) is 19.7 Å². The van der Waals surface area contributed by atoms with Gasteiger partial charge in [-0.25, -0.2) is 4.79 Å². The standard InChI is InChI=1S/C28H29F3N6O/c1-34-17-32-33-25(34)24(19-4-2-5-19)20-6-3-7-21(11-20)36-14-23-22(28(29,30)31)10-18(13-37(23)26(36)38)12-35-15-27(16-35)8-9-27/h3,6-7,10-11,13-14,17,19,24H,2,4-5,8-9,12,15-16H2,1H3/t24-/m1/s1/i12D2. The Hall–Kier alpha value is -3.40. The van der Waals surface area contributed by atoms with Gasteiger partial charge in [0.25, 0.3) is 0 Å². The molecule has 4 heterocycles. The lowest BCUT2D eigenvalue weighted by atomic mass is 9.72. The number of aromatic nitrogens is 5. The third kappa shape index (κ3) is 3.88. The van der Waals surface area contributed by atoms with Crippen LogP contribution in [0.2, 0.25) is 0 Å². The fourth-order valence-electron chi connectivity index (χ4n) is 6.03. The van der Waals surface area contributed by atoms with Crippen molar-refractivity contribution in [3.05, 3.63) is 82.1 Å². The molecule has 3 fully saturated rings. The second-order valence-corrected chi connectivity index (χ2v) is 11.2. The van der Waals surface area contributed by atoms with Crippen LogP contribution in [-0.4, -0.2) is 41.7 Å². The first kappa shape index (κ1) is 21.5. The molecule has 1 spiro atoms. The molecule has 0 N–H and O–H groups in total. The van der Waals surface area contributed by atoms with E-state index in [1.165, 1.54) is 17.0 Å². The van der Waals surface area contributed by atoms with Crippen molar-refractivity contribution in [2.75, 3.05) is 13.1 Å². The van der Waals surface area contributed by atoms with Crippen molar-refractivity contribution in [3.63, 3.8) is 0 Å². The monoisotopic (exact) mass is 524 g/mol. The van der Waals surface area contributed by atoms with Gasteiger partial charge in [-0.2, -0.15) is 13.2 Å². The summed E-state index contributed by atoms with van der Waals surface area (Å²) in [7, 11) is 1.88. The van der Waals surface area contributed by atoms with E-state index in [2.05, 4.69) is 10.2 Å². The van der Waals surface area contributed by atoms with E-state index in [0.717, 1.165) is 54.0 Å². The molecule has 1 aromatic carbocycles. The molecule has 0 amide bonds. The van der Waals surface area contributed by atoms with Gasteiger partial charge in [0.15, 0.2) is 0 Å². The minimum Gasteiger partial charge on any atom is -0.320 e. The summed E-state index contributed by atoms with van der Waals surface area (Å²) in [6.07, 6.45) is 4.54. The molecular formula is C28H29F3N6O. The number of fused-ring (bicyclic) bond motifs is 1. The predicted octanol–water partition coefficient (Wildman–Crippen LogP) is 4.77. The molecule has 10 heteroatoms. The third-order valence-electron chi connectivity index (χ3n) is 8.52. The molecule has 7 nitrogen and oxygen atoms in total. The minimum absolute atomic E-state index is 0.0511. The van der Waals surface area contributed by atoms with Crippen molar-refractivity contribution in [1.29, 1.82) is 0 Å². The summed E-state index contributed by atoms with van der Waals surface area (Å²) in [6, 6.07) is 8.14. The highest BCUT2D eigenvalue weighted by Gasteiger charge is 2.52. The van der Waals surface area contributed by atoms with Gasteiger partial charge in [0.1, 0.15) is 12.2 Å². The number of imidazole rings is 1. The van der Waals surface area contributed by atoms with E-state index < -0.39 is 23.9 Å². The lowest BCUT2D eigenvalue weighted by molar-refractivity contribution is -0.136. The van der Waals surface area contributed by atoms with Gasteiger partial charge >= 0.3 is 11.9 Å². The fourth-order valence-corrected chi connectivity index (χ4v) is 6.03. The summed E-state index contributed by atoms with van der Waals surface area (Å²) in [6.45, 7) is -1.11. The van der Waals surface area contributed by atoms with Crippen LogP contribution < -0.4 is 5.69 Å². The Labute approximate surface area is 220 Å². The van der Waals surface area contributed by atoms with Crippen LogP contribution in [0.25, 0.3) is 11.2 Å². The summed E-state index contributed by atoms with van der Waals surface area (Å²) < 4.78 is 64.2. The number of hydrogen-bond acceptors (Lipinski definition) is 4. The number of aryl methyl sites for hydroxylation is 1. The molecule has 0 unspecified atom stereocenters. The topological polar surface area (TPSA) is 60.4 Å². The molecule has 1 atom stereocenters. The summed E-state index contributed by atoms with van der Waals surface area (Å²) in [5.74, 6) is 1.12. The average molecular weight is 525 g/mol. The molecule has 2 aliphatic carbocycles. The number of hydrogen-bond donors (Lipinski definition) is 0. The molecule has 0 radical (unpaired) electrons. The Morgan fingerprint density at radius 3 is 2.61 bits per heavy atom. The zero-order valence-corrected chi connectivity index (χ0v) is 20.9. The second kappa shape index (κ2) is 8.30. The largest absolute Gasteiger partial charge is 0.418 e. The first-order valence-corrected chi connectivity index (χ1v) is 13.0. The lowest BCUT2D eigenvalue weighted by Crippen LogP contribution is -2.47. The molecule has 3 aromatic heterocycles. The first-order chi connectivity index (χ1) is 19.0. The molecule has 3 aliphatic rings. The molecule has 0 bridgehead atoms. The van der Waals surface area contributed by atoms with Crippen molar-refractivity contribution in [3.8, 4) is 5.69 Å². The summed E-state index contributed by atoms with van der Waals surface area (Å²) in [4.78, 5) is 15.2. The SMILES string of the molecule is [2H]C([2H])(c1cc(C(F)(F)F)c2cn(-c3cccc([C@H](c4nncn4C)C4CCC4)c3)c(=O)n2c1)N1CC2(CC2)C1. The van der Waals surface area contributed by atoms with Crippen LogP contribution in [0.3, 0.4) is 0 Å². The van der Waals surface area contributed by atoms with Gasteiger partial charge in [0.05, 0.1) is 16.8 Å². The number of pyridine rings is 1. The van der Waals surface area contributed by atoms with Gasteiger partial charge in [0, 0.05) is 47.7 Å². The number of rotatable bonds is 6. The Morgan fingerprint density at radius 2 is 1.97 bits per heavy atom. The van der Waals surface area contributed by atoms with Crippen LogP contribution in [0.15, 0.2) is 53.8 Å². The molecule has 1 aliphatic heterocycles. The van der Waals surface area contributed by atoms with Gasteiger partial charge in [-0.1, -0.05) is 18.6 Å². The van der Waals surface area contributed by atoms with Gasteiger partial charge < -0.3 is 4.57 Å². The summed E-state index contributed by atoms with van der Waals surface area (Å²) >= 11 is 0.